The molecule has 0 spiro atoms. The molecule has 1 fully saturated rings. The van der Waals surface area contributed by atoms with Crippen LogP contribution in [0.4, 0.5) is 0 Å². The zero-order valence-electron chi connectivity index (χ0n) is 18.7. The number of rotatable bonds is 3. The van der Waals surface area contributed by atoms with Gasteiger partial charge in [0.2, 0.25) is 0 Å². The van der Waals surface area contributed by atoms with E-state index in [2.05, 4.69) is 0 Å². The van der Waals surface area contributed by atoms with Crippen molar-refractivity contribution in [2.24, 2.45) is 7.05 Å². The van der Waals surface area contributed by atoms with Gasteiger partial charge in [-0.25, -0.2) is 9.59 Å². The highest BCUT2D eigenvalue weighted by Crippen LogP contribution is 2.41. The smallest absolute Gasteiger partial charge is 0.347 e. The number of aromatic nitrogens is 2. The van der Waals surface area contributed by atoms with E-state index in [0.29, 0.717) is 22.0 Å². The second kappa shape index (κ2) is 7.89. The summed E-state index contributed by atoms with van der Waals surface area (Å²) < 4.78 is 14.2. The summed E-state index contributed by atoms with van der Waals surface area (Å²) in [4.78, 5) is 26.0. The van der Waals surface area contributed by atoms with Crippen LogP contribution in [0.25, 0.3) is 33.0 Å². The monoisotopic (exact) mass is 474 g/mol. The Labute approximate surface area is 199 Å². The number of fused-ring (bicyclic) bond motifs is 2. The van der Waals surface area contributed by atoms with Crippen molar-refractivity contribution >= 4 is 44.9 Å². The number of esters is 2. The van der Waals surface area contributed by atoms with Gasteiger partial charge in [-0.1, -0.05) is 36.4 Å². The lowest BCUT2D eigenvalue weighted by molar-refractivity contribution is -0.209. The molecule has 4 heterocycles. The minimum atomic E-state index is -1.41. The maximum atomic E-state index is 13.0. The fourth-order valence-electron chi connectivity index (χ4n) is 5.07. The molecule has 2 aliphatic heterocycles. The average molecular weight is 474 g/mol. The summed E-state index contributed by atoms with van der Waals surface area (Å²) in [5.74, 6) is -1.49. The number of aliphatic hydroxyl groups is 3. The SMILES string of the molecule is Cn1cc(C2=C(c3cn(C4OCC(O)C(O)C4O)c4ccccc34)C(=O)OC2=O)c2ccccc21. The highest BCUT2D eigenvalue weighted by Gasteiger charge is 2.41. The summed E-state index contributed by atoms with van der Waals surface area (Å²) in [5.41, 5.74) is 2.82. The zero-order chi connectivity index (χ0) is 24.4. The quantitative estimate of drug-likeness (QED) is 0.305. The average Bonchev–Trinajstić information content (AvgIpc) is 3.48. The number of benzene rings is 2. The van der Waals surface area contributed by atoms with Crippen LogP contribution in [0.15, 0.2) is 60.9 Å². The van der Waals surface area contributed by atoms with Gasteiger partial charge < -0.3 is 33.9 Å². The highest BCUT2D eigenvalue weighted by atomic mass is 16.6. The van der Waals surface area contributed by atoms with Gasteiger partial charge in [0.25, 0.3) is 0 Å². The standard InChI is InChI=1S/C26H22N2O7/c1-27-10-15(13-6-2-4-8-17(13)27)20-21(26(33)35-25(20)32)16-11-28(18-9-5-3-7-14(16)18)24-23(31)22(30)19(29)12-34-24/h2-11,19,22-24,29-31H,12H2,1H3. The third-order valence-corrected chi connectivity index (χ3v) is 6.77. The normalized spacial score (nSPS) is 25.1. The Hall–Kier alpha value is -3.76. The molecule has 2 aliphatic rings. The molecule has 0 radical (unpaired) electrons. The summed E-state index contributed by atoms with van der Waals surface area (Å²) in [5, 5.41) is 32.2. The molecule has 0 bridgehead atoms. The van der Waals surface area contributed by atoms with E-state index in [9.17, 15) is 24.9 Å². The van der Waals surface area contributed by atoms with Crippen molar-refractivity contribution in [2.75, 3.05) is 6.61 Å². The Kier molecular flexibility index (Phi) is 4.90. The number of para-hydroxylation sites is 2. The van der Waals surface area contributed by atoms with Crippen molar-refractivity contribution in [1.29, 1.82) is 0 Å². The molecule has 9 heteroatoms. The first-order valence-corrected chi connectivity index (χ1v) is 11.2. The Morgan fingerprint density at radius 2 is 1.37 bits per heavy atom. The molecule has 6 rings (SSSR count). The molecule has 0 amide bonds. The number of nitrogens with zero attached hydrogens (tertiary/aromatic N) is 2. The number of hydrogen-bond acceptors (Lipinski definition) is 7. The van der Waals surface area contributed by atoms with Crippen molar-refractivity contribution in [2.45, 2.75) is 24.5 Å². The highest BCUT2D eigenvalue weighted by molar-refractivity contribution is 6.46. The molecule has 0 saturated carbocycles. The second-order valence-corrected chi connectivity index (χ2v) is 8.84. The van der Waals surface area contributed by atoms with Crippen LogP contribution in [0.5, 0.6) is 0 Å². The van der Waals surface area contributed by atoms with E-state index in [0.717, 1.165) is 10.9 Å². The lowest BCUT2D eigenvalue weighted by Crippen LogP contribution is -2.50. The number of carbonyl (C=O) groups is 2. The molecule has 2 aromatic heterocycles. The van der Waals surface area contributed by atoms with Gasteiger partial charge in [-0.05, 0) is 12.1 Å². The van der Waals surface area contributed by atoms with Gasteiger partial charge in [0.05, 0.1) is 23.3 Å². The third kappa shape index (κ3) is 3.17. The van der Waals surface area contributed by atoms with Gasteiger partial charge in [0.15, 0.2) is 6.23 Å². The number of carbonyl (C=O) groups excluding carboxylic acids is 2. The van der Waals surface area contributed by atoms with Crippen molar-refractivity contribution in [1.82, 2.24) is 9.13 Å². The van der Waals surface area contributed by atoms with Crippen LogP contribution < -0.4 is 0 Å². The van der Waals surface area contributed by atoms with Gasteiger partial charge in [-0.3, -0.25) is 0 Å². The molecule has 2 aromatic carbocycles. The van der Waals surface area contributed by atoms with Crippen LogP contribution in [-0.2, 0) is 26.1 Å². The van der Waals surface area contributed by atoms with Gasteiger partial charge in [0.1, 0.15) is 18.3 Å². The van der Waals surface area contributed by atoms with Crippen LogP contribution in [0.1, 0.15) is 17.4 Å². The van der Waals surface area contributed by atoms with E-state index in [4.69, 9.17) is 9.47 Å². The van der Waals surface area contributed by atoms with Crippen LogP contribution in [0, 0.1) is 0 Å². The predicted molar refractivity (Wildman–Crippen MR) is 126 cm³/mol. The molecule has 1 saturated heterocycles. The number of aliphatic hydroxyl groups excluding tert-OH is 3. The number of ether oxygens (including phenoxy) is 2. The molecule has 178 valence electrons. The summed E-state index contributed by atoms with van der Waals surface area (Å²) in [6.07, 6.45) is -1.63. The topological polar surface area (TPSA) is 123 Å². The van der Waals surface area contributed by atoms with Gasteiger partial charge in [-0.15, -0.1) is 0 Å². The first-order chi connectivity index (χ1) is 16.9. The molecule has 3 N–H and O–H groups in total. The van der Waals surface area contributed by atoms with E-state index >= 15 is 0 Å². The fourth-order valence-corrected chi connectivity index (χ4v) is 5.07. The maximum Gasteiger partial charge on any atom is 0.347 e. The van der Waals surface area contributed by atoms with E-state index in [-0.39, 0.29) is 17.8 Å². The first-order valence-electron chi connectivity index (χ1n) is 11.2. The van der Waals surface area contributed by atoms with Crippen molar-refractivity contribution in [3.05, 3.63) is 72.1 Å². The molecular weight excluding hydrogens is 452 g/mol. The van der Waals surface area contributed by atoms with Gasteiger partial charge >= 0.3 is 11.9 Å². The summed E-state index contributed by atoms with van der Waals surface area (Å²) in [6.45, 7) is -0.171. The lowest BCUT2D eigenvalue weighted by Gasteiger charge is -2.36. The van der Waals surface area contributed by atoms with E-state index < -0.39 is 36.5 Å². The number of aryl methyl sites for hydroxylation is 1. The number of hydrogen-bond donors (Lipinski definition) is 3. The summed E-state index contributed by atoms with van der Waals surface area (Å²) >= 11 is 0. The molecule has 4 aromatic rings. The van der Waals surface area contributed by atoms with E-state index in [1.54, 1.807) is 41.2 Å². The predicted octanol–water partition coefficient (Wildman–Crippen LogP) is 1.74. The van der Waals surface area contributed by atoms with Crippen LogP contribution >= 0.6 is 0 Å². The van der Waals surface area contributed by atoms with E-state index in [1.165, 1.54) is 0 Å². The first kappa shape index (κ1) is 21.8. The zero-order valence-corrected chi connectivity index (χ0v) is 18.7. The molecule has 4 unspecified atom stereocenters. The fraction of sp³-hybridized carbons (Fsp3) is 0.231. The van der Waals surface area contributed by atoms with Gasteiger partial charge in [0, 0.05) is 46.9 Å². The van der Waals surface area contributed by atoms with Crippen LogP contribution in [0.3, 0.4) is 0 Å². The Bertz CT molecular complexity index is 1550. The minimum Gasteiger partial charge on any atom is -0.388 e. The Balaban J connectivity index is 1.60. The third-order valence-electron chi connectivity index (χ3n) is 6.77. The summed E-state index contributed by atoms with van der Waals surface area (Å²) in [7, 11) is 1.86. The van der Waals surface area contributed by atoms with Crippen molar-refractivity contribution < 1.29 is 34.4 Å². The molecule has 4 atom stereocenters. The Morgan fingerprint density at radius 3 is 2.06 bits per heavy atom. The molecular formula is C26H22N2O7. The van der Waals surface area contributed by atoms with Crippen LogP contribution in [0.2, 0.25) is 0 Å². The maximum absolute atomic E-state index is 13.0. The van der Waals surface area contributed by atoms with Crippen LogP contribution in [-0.4, -0.2) is 61.3 Å². The molecule has 9 nitrogen and oxygen atoms in total. The number of cyclic esters (lactones) is 2. The minimum absolute atomic E-state index is 0.118. The van der Waals surface area contributed by atoms with Crippen molar-refractivity contribution in [3.63, 3.8) is 0 Å². The second-order valence-electron chi connectivity index (χ2n) is 8.84. The lowest BCUT2D eigenvalue weighted by atomic mass is 9.95. The summed E-state index contributed by atoms with van der Waals surface area (Å²) in [6, 6.07) is 14.7. The largest absolute Gasteiger partial charge is 0.388 e. The van der Waals surface area contributed by atoms with E-state index in [1.807, 2.05) is 35.9 Å². The molecule has 0 aliphatic carbocycles. The Morgan fingerprint density at radius 1 is 0.800 bits per heavy atom. The van der Waals surface area contributed by atoms with Gasteiger partial charge in [-0.2, -0.15) is 0 Å². The van der Waals surface area contributed by atoms with Crippen molar-refractivity contribution in [3.8, 4) is 0 Å². The molecule has 35 heavy (non-hydrogen) atoms.